The highest BCUT2D eigenvalue weighted by Crippen LogP contribution is 2.54. The van der Waals surface area contributed by atoms with Gasteiger partial charge in [-0.1, -0.05) is 26.0 Å². The smallest absolute Gasteiger partial charge is 0.161 e. The van der Waals surface area contributed by atoms with Crippen LogP contribution in [-0.4, -0.2) is 18.8 Å². The fourth-order valence-corrected chi connectivity index (χ4v) is 2.64. The van der Waals surface area contributed by atoms with Gasteiger partial charge in [-0.15, -0.1) is 0 Å². The fourth-order valence-electron chi connectivity index (χ4n) is 2.64. The highest BCUT2D eigenvalue weighted by Gasteiger charge is 2.60. The SMILES string of the molecule is CC1(C)C(N)C1C1COc2ccccc2O1. The molecule has 0 amide bonds. The van der Waals surface area contributed by atoms with Crippen LogP contribution in [0.2, 0.25) is 0 Å². The number of hydrogen-bond donors (Lipinski definition) is 1. The van der Waals surface area contributed by atoms with E-state index in [0.29, 0.717) is 12.5 Å². The van der Waals surface area contributed by atoms with E-state index >= 15 is 0 Å². The molecule has 3 heteroatoms. The van der Waals surface area contributed by atoms with E-state index in [1.807, 2.05) is 24.3 Å². The Labute approximate surface area is 95.5 Å². The zero-order valence-electron chi connectivity index (χ0n) is 9.64. The van der Waals surface area contributed by atoms with Gasteiger partial charge in [-0.3, -0.25) is 0 Å². The summed E-state index contributed by atoms with van der Waals surface area (Å²) in [5.74, 6) is 2.08. The highest BCUT2D eigenvalue weighted by atomic mass is 16.6. The number of hydrogen-bond acceptors (Lipinski definition) is 3. The van der Waals surface area contributed by atoms with E-state index in [-0.39, 0.29) is 17.6 Å². The molecular weight excluding hydrogens is 202 g/mol. The summed E-state index contributed by atoms with van der Waals surface area (Å²) in [6.07, 6.45) is 0.0971. The van der Waals surface area contributed by atoms with Crippen LogP contribution in [0.3, 0.4) is 0 Å². The van der Waals surface area contributed by atoms with Gasteiger partial charge in [0, 0.05) is 12.0 Å². The molecular formula is C13H17NO2. The first-order valence-corrected chi connectivity index (χ1v) is 5.75. The second kappa shape index (κ2) is 3.14. The van der Waals surface area contributed by atoms with Crippen molar-refractivity contribution in [1.29, 1.82) is 0 Å². The van der Waals surface area contributed by atoms with Crippen molar-refractivity contribution < 1.29 is 9.47 Å². The first-order valence-electron chi connectivity index (χ1n) is 5.75. The van der Waals surface area contributed by atoms with Crippen LogP contribution in [0.1, 0.15) is 13.8 Å². The topological polar surface area (TPSA) is 44.5 Å². The maximum atomic E-state index is 6.06. The molecule has 0 radical (unpaired) electrons. The van der Waals surface area contributed by atoms with Crippen LogP contribution in [0.15, 0.2) is 24.3 Å². The molecule has 16 heavy (non-hydrogen) atoms. The Kier molecular flexibility index (Phi) is 1.96. The largest absolute Gasteiger partial charge is 0.486 e. The number of fused-ring (bicyclic) bond motifs is 1. The minimum Gasteiger partial charge on any atom is -0.486 e. The summed E-state index contributed by atoms with van der Waals surface area (Å²) in [5, 5.41) is 0. The van der Waals surface area contributed by atoms with Gasteiger partial charge in [0.25, 0.3) is 0 Å². The highest BCUT2D eigenvalue weighted by molar-refractivity contribution is 5.41. The molecule has 2 N–H and O–H groups in total. The molecule has 1 aromatic carbocycles. The van der Waals surface area contributed by atoms with Crippen LogP contribution in [0.5, 0.6) is 11.5 Å². The Bertz CT molecular complexity index is 416. The van der Waals surface area contributed by atoms with Gasteiger partial charge in [0.15, 0.2) is 11.5 Å². The Morgan fingerprint density at radius 2 is 1.88 bits per heavy atom. The molecule has 1 aliphatic carbocycles. The maximum absolute atomic E-state index is 6.06. The number of para-hydroxylation sites is 2. The quantitative estimate of drug-likeness (QED) is 0.783. The summed E-state index contributed by atoms with van der Waals surface area (Å²) in [6, 6.07) is 8.02. The molecule has 0 spiro atoms. The lowest BCUT2D eigenvalue weighted by atomic mass is 10.1. The zero-order valence-corrected chi connectivity index (χ0v) is 9.64. The Balaban J connectivity index is 1.79. The van der Waals surface area contributed by atoms with Crippen molar-refractivity contribution >= 4 is 0 Å². The summed E-state index contributed by atoms with van der Waals surface area (Å²) in [6.45, 7) is 4.98. The molecule has 0 bridgehead atoms. The Morgan fingerprint density at radius 3 is 2.50 bits per heavy atom. The first-order chi connectivity index (χ1) is 7.60. The van der Waals surface area contributed by atoms with Crippen molar-refractivity contribution in [2.24, 2.45) is 17.1 Å². The van der Waals surface area contributed by atoms with E-state index in [1.54, 1.807) is 0 Å². The van der Waals surface area contributed by atoms with E-state index in [0.717, 1.165) is 11.5 Å². The van der Waals surface area contributed by atoms with Crippen LogP contribution >= 0.6 is 0 Å². The van der Waals surface area contributed by atoms with E-state index in [9.17, 15) is 0 Å². The van der Waals surface area contributed by atoms with Gasteiger partial charge in [0.05, 0.1) is 0 Å². The molecule has 0 saturated heterocycles. The molecule has 1 fully saturated rings. The fraction of sp³-hybridized carbons (Fsp3) is 0.538. The lowest BCUT2D eigenvalue weighted by Crippen LogP contribution is -2.33. The lowest BCUT2D eigenvalue weighted by Gasteiger charge is -2.27. The second-order valence-corrected chi connectivity index (χ2v) is 5.29. The van der Waals surface area contributed by atoms with Gasteiger partial charge < -0.3 is 15.2 Å². The van der Waals surface area contributed by atoms with Crippen molar-refractivity contribution in [2.75, 3.05) is 6.61 Å². The van der Waals surface area contributed by atoms with E-state index in [2.05, 4.69) is 13.8 Å². The third-order valence-corrected chi connectivity index (χ3v) is 3.93. The third-order valence-electron chi connectivity index (χ3n) is 3.93. The molecule has 86 valence electrons. The van der Waals surface area contributed by atoms with Crippen LogP contribution in [-0.2, 0) is 0 Å². The summed E-state index contributed by atoms with van der Waals surface area (Å²) in [5.41, 5.74) is 6.24. The molecule has 3 atom stereocenters. The van der Waals surface area contributed by atoms with Crippen LogP contribution in [0.25, 0.3) is 0 Å². The molecule has 1 aromatic rings. The van der Waals surface area contributed by atoms with Crippen molar-refractivity contribution in [3.63, 3.8) is 0 Å². The van der Waals surface area contributed by atoms with Crippen molar-refractivity contribution in [1.82, 2.24) is 0 Å². The van der Waals surface area contributed by atoms with Gasteiger partial charge in [0.2, 0.25) is 0 Å². The molecule has 3 nitrogen and oxygen atoms in total. The minimum atomic E-state index is 0.0971. The molecule has 3 unspecified atom stereocenters. The van der Waals surface area contributed by atoms with E-state index in [4.69, 9.17) is 15.2 Å². The van der Waals surface area contributed by atoms with E-state index < -0.39 is 0 Å². The summed E-state index contributed by atoms with van der Waals surface area (Å²) in [7, 11) is 0. The number of nitrogens with two attached hydrogens (primary N) is 1. The van der Waals surface area contributed by atoms with Crippen LogP contribution in [0.4, 0.5) is 0 Å². The Morgan fingerprint density at radius 1 is 1.25 bits per heavy atom. The average molecular weight is 219 g/mol. The number of benzene rings is 1. The summed E-state index contributed by atoms with van der Waals surface area (Å²) >= 11 is 0. The minimum absolute atomic E-state index is 0.0971. The standard InChI is InChI=1S/C13H17NO2/c1-13(2)11(12(13)14)10-7-15-8-5-3-4-6-9(8)16-10/h3-6,10-12H,7,14H2,1-2H3. The summed E-state index contributed by atoms with van der Waals surface area (Å²) < 4.78 is 11.7. The van der Waals surface area contributed by atoms with Crippen molar-refractivity contribution in [2.45, 2.75) is 26.0 Å². The summed E-state index contributed by atoms with van der Waals surface area (Å²) in [4.78, 5) is 0. The van der Waals surface area contributed by atoms with E-state index in [1.165, 1.54) is 0 Å². The maximum Gasteiger partial charge on any atom is 0.161 e. The molecule has 0 aromatic heterocycles. The first kappa shape index (κ1) is 9.97. The average Bonchev–Trinajstić information content (AvgIpc) is 2.78. The van der Waals surface area contributed by atoms with Gasteiger partial charge in [-0.25, -0.2) is 0 Å². The predicted molar refractivity (Wildman–Crippen MR) is 61.6 cm³/mol. The molecule has 2 aliphatic rings. The van der Waals surface area contributed by atoms with Gasteiger partial charge in [-0.2, -0.15) is 0 Å². The monoisotopic (exact) mass is 219 g/mol. The van der Waals surface area contributed by atoms with Crippen molar-refractivity contribution in [3.05, 3.63) is 24.3 Å². The number of rotatable bonds is 1. The Hall–Kier alpha value is -1.22. The number of ether oxygens (including phenoxy) is 2. The molecule has 3 rings (SSSR count). The molecule has 1 aliphatic heterocycles. The second-order valence-electron chi connectivity index (χ2n) is 5.29. The van der Waals surface area contributed by atoms with Gasteiger partial charge in [-0.05, 0) is 17.5 Å². The van der Waals surface area contributed by atoms with Gasteiger partial charge in [0.1, 0.15) is 12.7 Å². The third kappa shape index (κ3) is 1.31. The van der Waals surface area contributed by atoms with Crippen molar-refractivity contribution in [3.8, 4) is 11.5 Å². The molecule has 1 heterocycles. The molecule has 1 saturated carbocycles. The predicted octanol–water partition coefficient (Wildman–Crippen LogP) is 1.81. The zero-order chi connectivity index (χ0) is 11.3. The van der Waals surface area contributed by atoms with Crippen LogP contribution < -0.4 is 15.2 Å². The van der Waals surface area contributed by atoms with Crippen LogP contribution in [0, 0.1) is 11.3 Å². The lowest BCUT2D eigenvalue weighted by molar-refractivity contribution is 0.0662. The normalized spacial score (nSPS) is 34.6. The van der Waals surface area contributed by atoms with Gasteiger partial charge >= 0.3 is 0 Å².